The maximum atomic E-state index is 13.2. The van der Waals surface area contributed by atoms with Crippen molar-refractivity contribution in [3.05, 3.63) is 95.8 Å². The van der Waals surface area contributed by atoms with Crippen LogP contribution >= 0.6 is 0 Å². The van der Waals surface area contributed by atoms with E-state index in [1.165, 1.54) is 12.4 Å². The number of aliphatic hydroxyl groups excluding tert-OH is 2. The van der Waals surface area contributed by atoms with Crippen molar-refractivity contribution in [2.24, 2.45) is 11.5 Å². The summed E-state index contributed by atoms with van der Waals surface area (Å²) in [6.45, 7) is 9.24. The first-order chi connectivity index (χ1) is 32.7. The molecule has 0 unspecified atom stereocenters. The van der Waals surface area contributed by atoms with E-state index < -0.39 is 11.2 Å². The number of carbonyl (C=O) groups is 4. The smallest absolute Gasteiger partial charge is 0.261 e. The Morgan fingerprint density at radius 3 is 1.40 bits per heavy atom. The standard InChI is InChI=1S/2C23H27N7O4/c2*1-23(14-31)11-15-9-17(27-22(33)16-12-26-30-4-2-3-25-21(16)30)18(10-19(15)34-23)29-7-5-28(6-8-29)13-20(24)32/h2*2-4,9-10,12,31H,5-8,11,13-14H2,1H3,(H2,24,32)(H,27,33)/t2*23-/m10/s1. The van der Waals surface area contributed by atoms with Crippen molar-refractivity contribution in [3.63, 3.8) is 0 Å². The monoisotopic (exact) mass is 930 g/mol. The van der Waals surface area contributed by atoms with Crippen LogP contribution in [0.4, 0.5) is 22.7 Å². The summed E-state index contributed by atoms with van der Waals surface area (Å²) < 4.78 is 15.2. The number of aromatic nitrogens is 6. The molecule has 0 radical (unpaired) electrons. The number of nitrogens with one attached hydrogen (secondary N) is 2. The fourth-order valence-electron chi connectivity index (χ4n) is 9.09. The number of aliphatic hydroxyl groups is 2. The lowest BCUT2D eigenvalue weighted by Gasteiger charge is -2.36. The van der Waals surface area contributed by atoms with Gasteiger partial charge in [0.25, 0.3) is 11.8 Å². The normalized spacial score (nSPS) is 20.2. The summed E-state index contributed by atoms with van der Waals surface area (Å²) in [4.78, 5) is 65.9. The highest BCUT2D eigenvalue weighted by atomic mass is 16.5. The van der Waals surface area contributed by atoms with Gasteiger partial charge in [0.05, 0.1) is 61.4 Å². The number of ether oxygens (including phenoxy) is 2. The third-order valence-electron chi connectivity index (χ3n) is 12.6. The average Bonchev–Trinajstić information content (AvgIpc) is 4.11. The number of amides is 4. The van der Waals surface area contributed by atoms with Crippen molar-refractivity contribution < 1.29 is 38.9 Å². The highest BCUT2D eigenvalue weighted by Crippen LogP contribution is 2.43. The fraction of sp³-hybridized carbons (Fsp3) is 0.391. The Morgan fingerprint density at radius 2 is 1.03 bits per heavy atom. The van der Waals surface area contributed by atoms with Gasteiger partial charge in [0, 0.05) is 113 Å². The molecule has 4 aliphatic heterocycles. The molecule has 356 valence electrons. The molecule has 8 heterocycles. The van der Waals surface area contributed by atoms with Gasteiger partial charge < -0.3 is 51.6 Å². The Hall–Kier alpha value is -7.40. The van der Waals surface area contributed by atoms with Crippen LogP contribution in [0.3, 0.4) is 0 Å². The van der Waals surface area contributed by atoms with Gasteiger partial charge in [0.15, 0.2) is 11.3 Å². The first kappa shape index (κ1) is 45.7. The second kappa shape index (κ2) is 18.7. The van der Waals surface area contributed by atoms with Crippen LogP contribution < -0.4 is 41.4 Å². The molecule has 0 saturated carbocycles. The van der Waals surface area contributed by atoms with Gasteiger partial charge in [0.2, 0.25) is 11.8 Å². The van der Waals surface area contributed by atoms with E-state index in [9.17, 15) is 29.4 Å². The topological polar surface area (TPSA) is 277 Å². The Labute approximate surface area is 390 Å². The summed E-state index contributed by atoms with van der Waals surface area (Å²) in [5, 5.41) is 34.1. The number of anilines is 4. The summed E-state index contributed by atoms with van der Waals surface area (Å²) in [6, 6.07) is 11.2. The molecule has 4 aliphatic rings. The lowest BCUT2D eigenvalue weighted by molar-refractivity contribution is -0.120. The zero-order chi connectivity index (χ0) is 47.7. The molecule has 0 aliphatic carbocycles. The van der Waals surface area contributed by atoms with Crippen molar-refractivity contribution in [2.45, 2.75) is 37.9 Å². The molecule has 0 spiro atoms. The van der Waals surface area contributed by atoms with E-state index in [1.54, 1.807) is 46.0 Å². The third-order valence-corrected chi connectivity index (χ3v) is 12.6. The van der Waals surface area contributed by atoms with Gasteiger partial charge in [0.1, 0.15) is 33.8 Å². The summed E-state index contributed by atoms with van der Waals surface area (Å²) in [7, 11) is 0. The highest BCUT2D eigenvalue weighted by Gasteiger charge is 2.38. The maximum Gasteiger partial charge on any atom is 0.261 e. The minimum atomic E-state index is -0.700. The molecule has 0 bridgehead atoms. The predicted molar refractivity (Wildman–Crippen MR) is 250 cm³/mol. The predicted octanol–water partition coefficient (Wildman–Crippen LogP) is 0.550. The molecule has 6 aromatic rings. The van der Waals surface area contributed by atoms with Crippen LogP contribution in [-0.4, -0.2) is 163 Å². The van der Waals surface area contributed by atoms with Crippen LogP contribution in [0.2, 0.25) is 0 Å². The Morgan fingerprint density at radius 1 is 0.632 bits per heavy atom. The quantitative estimate of drug-likeness (QED) is 0.0978. The van der Waals surface area contributed by atoms with Crippen molar-refractivity contribution in [2.75, 3.05) is 99.1 Å². The molecule has 2 aromatic carbocycles. The van der Waals surface area contributed by atoms with Crippen LogP contribution in [-0.2, 0) is 22.4 Å². The van der Waals surface area contributed by atoms with Gasteiger partial charge in [-0.1, -0.05) is 0 Å². The number of nitrogens with zero attached hydrogens (tertiary/aromatic N) is 10. The Bertz CT molecular complexity index is 2700. The maximum absolute atomic E-state index is 13.2. The van der Waals surface area contributed by atoms with Crippen molar-refractivity contribution in [1.29, 1.82) is 0 Å². The van der Waals surface area contributed by atoms with E-state index in [-0.39, 0.29) is 49.9 Å². The highest BCUT2D eigenvalue weighted by molar-refractivity contribution is 6.10. The van der Waals surface area contributed by atoms with E-state index in [0.717, 1.165) is 22.5 Å². The van der Waals surface area contributed by atoms with Crippen LogP contribution in [0.25, 0.3) is 11.3 Å². The number of nitrogens with two attached hydrogens (primary N) is 2. The number of benzene rings is 2. The molecule has 10 rings (SSSR count). The molecule has 22 heteroatoms. The molecule has 68 heavy (non-hydrogen) atoms. The van der Waals surface area contributed by atoms with Gasteiger partial charge in [-0.15, -0.1) is 0 Å². The number of rotatable bonds is 12. The van der Waals surface area contributed by atoms with Gasteiger partial charge in [-0.3, -0.25) is 29.0 Å². The molecule has 2 atom stereocenters. The van der Waals surface area contributed by atoms with Gasteiger partial charge in [-0.05, 0) is 38.1 Å². The molecule has 2 fully saturated rings. The van der Waals surface area contributed by atoms with Crippen LogP contribution in [0.5, 0.6) is 11.5 Å². The van der Waals surface area contributed by atoms with Gasteiger partial charge in [-0.25, -0.2) is 19.0 Å². The Balaban J connectivity index is 0.000000170. The van der Waals surface area contributed by atoms with Crippen molar-refractivity contribution in [1.82, 2.24) is 39.0 Å². The number of carbonyl (C=O) groups excluding carboxylic acids is 4. The van der Waals surface area contributed by atoms with E-state index >= 15 is 0 Å². The molecule has 4 amide bonds. The Kier molecular flexibility index (Phi) is 12.6. The van der Waals surface area contributed by atoms with E-state index in [0.29, 0.717) is 110 Å². The van der Waals surface area contributed by atoms with Crippen molar-refractivity contribution >= 4 is 57.7 Å². The SMILES string of the molecule is C[C@@]1(CO)Cc2cc(NC(=O)c3cnn4cccnc34)c(N3CCN(CC(N)=O)CC3)cc2O1.C[C@]1(CO)Cc2cc(NC(=O)c3cnn4cccnc34)c(N3CCN(CC(N)=O)CC3)cc2O1. The second-order valence-corrected chi connectivity index (χ2v) is 18.0. The summed E-state index contributed by atoms with van der Waals surface area (Å²) in [5.41, 5.74) is 15.7. The number of piperazine rings is 2. The minimum absolute atomic E-state index is 0.113. The van der Waals surface area contributed by atoms with Crippen LogP contribution in [0.15, 0.2) is 73.6 Å². The largest absolute Gasteiger partial charge is 0.484 e. The van der Waals surface area contributed by atoms with Crippen LogP contribution in [0, 0.1) is 0 Å². The number of primary amides is 2. The molecular weight excluding hydrogens is 877 g/mol. The van der Waals surface area contributed by atoms with Crippen LogP contribution in [0.1, 0.15) is 45.7 Å². The third kappa shape index (κ3) is 9.56. The van der Waals surface area contributed by atoms with E-state index in [4.69, 9.17) is 20.9 Å². The summed E-state index contributed by atoms with van der Waals surface area (Å²) in [6.07, 6.45) is 10.8. The summed E-state index contributed by atoms with van der Waals surface area (Å²) >= 11 is 0. The minimum Gasteiger partial charge on any atom is -0.484 e. The first-order valence-corrected chi connectivity index (χ1v) is 22.3. The average molecular weight is 931 g/mol. The zero-order valence-corrected chi connectivity index (χ0v) is 37.8. The lowest BCUT2D eigenvalue weighted by atomic mass is 9.99. The number of hydrogen-bond acceptors (Lipinski definition) is 16. The van der Waals surface area contributed by atoms with Gasteiger partial charge in [-0.2, -0.15) is 10.2 Å². The van der Waals surface area contributed by atoms with Gasteiger partial charge >= 0.3 is 0 Å². The molecule has 8 N–H and O–H groups in total. The zero-order valence-electron chi connectivity index (χ0n) is 37.8. The number of hydrogen-bond donors (Lipinski definition) is 6. The van der Waals surface area contributed by atoms with Crippen molar-refractivity contribution in [3.8, 4) is 11.5 Å². The fourth-order valence-corrected chi connectivity index (χ4v) is 9.09. The summed E-state index contributed by atoms with van der Waals surface area (Å²) in [5.74, 6) is 0.0657. The van der Waals surface area contributed by atoms with E-state index in [2.05, 4.69) is 40.6 Å². The molecular formula is C46H54N14O8. The molecule has 2 saturated heterocycles. The molecule has 22 nitrogen and oxygen atoms in total. The second-order valence-electron chi connectivity index (χ2n) is 18.0. The number of fused-ring (bicyclic) bond motifs is 4. The first-order valence-electron chi connectivity index (χ1n) is 22.3. The lowest BCUT2D eigenvalue weighted by Crippen LogP contribution is -2.49. The molecule has 4 aromatic heterocycles. The van der Waals surface area contributed by atoms with E-state index in [1.807, 2.05) is 47.9 Å².